The lowest BCUT2D eigenvalue weighted by molar-refractivity contribution is 1.10. The molecule has 0 unspecified atom stereocenters. The van der Waals surface area contributed by atoms with Crippen LogP contribution in [0.2, 0.25) is 0 Å². The minimum atomic E-state index is 1.10. The standard InChI is InChI=1S/C8H13N.C2H6/c1-4-8(2)6-5-7-9-3;1-2/h5-7H,3-4H2,1-2H3;1-2H3/b7-5-,8-6-;. The zero-order valence-corrected chi connectivity index (χ0v) is 8.09. The van der Waals surface area contributed by atoms with Crippen LogP contribution >= 0.6 is 0 Å². The minimum Gasteiger partial charge on any atom is -0.273 e. The highest BCUT2D eigenvalue weighted by molar-refractivity contribution is 5.26. The first kappa shape index (κ1) is 12.8. The number of rotatable bonds is 3. The molecule has 0 fully saturated rings. The van der Waals surface area contributed by atoms with Gasteiger partial charge in [0.05, 0.1) is 0 Å². The van der Waals surface area contributed by atoms with Gasteiger partial charge in [0.15, 0.2) is 0 Å². The van der Waals surface area contributed by atoms with Gasteiger partial charge >= 0.3 is 0 Å². The van der Waals surface area contributed by atoms with E-state index in [-0.39, 0.29) is 0 Å². The van der Waals surface area contributed by atoms with Crippen molar-refractivity contribution in [1.29, 1.82) is 0 Å². The van der Waals surface area contributed by atoms with E-state index in [0.29, 0.717) is 0 Å². The third-order valence-electron chi connectivity index (χ3n) is 1.13. The van der Waals surface area contributed by atoms with Gasteiger partial charge in [0.1, 0.15) is 0 Å². The van der Waals surface area contributed by atoms with Crippen molar-refractivity contribution in [3.05, 3.63) is 23.9 Å². The largest absolute Gasteiger partial charge is 0.273 e. The Balaban J connectivity index is 0. The van der Waals surface area contributed by atoms with Crippen LogP contribution in [-0.4, -0.2) is 6.72 Å². The Labute approximate surface area is 70.5 Å². The molecular weight excluding hydrogens is 134 g/mol. The summed E-state index contributed by atoms with van der Waals surface area (Å²) < 4.78 is 0. The van der Waals surface area contributed by atoms with Gasteiger partial charge in [-0.3, -0.25) is 4.99 Å². The quantitative estimate of drug-likeness (QED) is 0.434. The molecular formula is C10H19N. The third kappa shape index (κ3) is 12.4. The van der Waals surface area contributed by atoms with Gasteiger partial charge in [0.2, 0.25) is 0 Å². The van der Waals surface area contributed by atoms with Gasteiger partial charge in [-0.1, -0.05) is 32.4 Å². The first-order chi connectivity index (χ1) is 5.31. The van der Waals surface area contributed by atoms with Gasteiger partial charge in [0.25, 0.3) is 0 Å². The fourth-order valence-electron chi connectivity index (χ4n) is 0.386. The molecule has 0 aromatic carbocycles. The van der Waals surface area contributed by atoms with E-state index in [0.717, 1.165) is 6.42 Å². The molecule has 0 radical (unpaired) electrons. The van der Waals surface area contributed by atoms with Crippen LogP contribution in [0.15, 0.2) is 28.9 Å². The van der Waals surface area contributed by atoms with Crippen molar-refractivity contribution < 1.29 is 0 Å². The Morgan fingerprint density at radius 2 is 2.00 bits per heavy atom. The van der Waals surface area contributed by atoms with E-state index in [1.54, 1.807) is 6.20 Å². The lowest BCUT2D eigenvalue weighted by atomic mass is 10.2. The number of hydrogen-bond acceptors (Lipinski definition) is 1. The van der Waals surface area contributed by atoms with Crippen LogP contribution in [0.25, 0.3) is 0 Å². The summed E-state index contributed by atoms with van der Waals surface area (Å²) >= 11 is 0. The molecule has 0 aliphatic carbocycles. The van der Waals surface area contributed by atoms with Gasteiger partial charge in [0, 0.05) is 6.20 Å². The van der Waals surface area contributed by atoms with E-state index < -0.39 is 0 Å². The second kappa shape index (κ2) is 11.9. The van der Waals surface area contributed by atoms with Crippen LogP contribution in [0.4, 0.5) is 0 Å². The zero-order chi connectivity index (χ0) is 9.11. The maximum Gasteiger partial charge on any atom is 0.0260 e. The molecule has 0 aromatic rings. The molecule has 0 amide bonds. The summed E-state index contributed by atoms with van der Waals surface area (Å²) in [5.41, 5.74) is 1.36. The van der Waals surface area contributed by atoms with Crippen LogP contribution in [-0.2, 0) is 0 Å². The Bertz CT molecular complexity index is 132. The molecule has 0 saturated carbocycles. The normalized spacial score (nSPS) is 10.7. The van der Waals surface area contributed by atoms with E-state index in [2.05, 4.69) is 25.6 Å². The average Bonchev–Trinajstić information content (AvgIpc) is 2.08. The highest BCUT2D eigenvalue weighted by Crippen LogP contribution is 1.96. The Morgan fingerprint density at radius 1 is 1.45 bits per heavy atom. The summed E-state index contributed by atoms with van der Waals surface area (Å²) in [4.78, 5) is 3.57. The summed E-state index contributed by atoms with van der Waals surface area (Å²) in [5.74, 6) is 0. The van der Waals surface area contributed by atoms with Crippen molar-refractivity contribution in [2.45, 2.75) is 34.1 Å². The van der Waals surface area contributed by atoms with E-state index in [4.69, 9.17) is 0 Å². The fraction of sp³-hybridized carbons (Fsp3) is 0.500. The minimum absolute atomic E-state index is 1.10. The molecule has 0 heterocycles. The molecule has 0 atom stereocenters. The van der Waals surface area contributed by atoms with Gasteiger partial charge in [-0.15, -0.1) is 0 Å². The van der Waals surface area contributed by atoms with Gasteiger partial charge in [-0.05, 0) is 26.1 Å². The van der Waals surface area contributed by atoms with E-state index in [9.17, 15) is 0 Å². The monoisotopic (exact) mass is 153 g/mol. The zero-order valence-electron chi connectivity index (χ0n) is 8.09. The van der Waals surface area contributed by atoms with Crippen molar-refractivity contribution in [3.63, 3.8) is 0 Å². The van der Waals surface area contributed by atoms with Crippen LogP contribution in [0.1, 0.15) is 34.1 Å². The number of aliphatic imine (C=N–C) groups is 1. The summed E-state index contributed by atoms with van der Waals surface area (Å²) in [7, 11) is 0. The van der Waals surface area contributed by atoms with Crippen molar-refractivity contribution in [1.82, 2.24) is 0 Å². The lowest BCUT2D eigenvalue weighted by Crippen LogP contribution is -1.66. The highest BCUT2D eigenvalue weighted by Gasteiger charge is 1.76. The number of hydrogen-bond donors (Lipinski definition) is 0. The SMILES string of the molecule is C=N/C=C\C=C(\C)CC.CC. The summed E-state index contributed by atoms with van der Waals surface area (Å²) in [6.45, 7) is 11.5. The molecule has 0 rings (SSSR count). The first-order valence-electron chi connectivity index (χ1n) is 4.09. The molecule has 0 spiro atoms. The van der Waals surface area contributed by atoms with Gasteiger partial charge < -0.3 is 0 Å². The average molecular weight is 153 g/mol. The molecule has 0 saturated heterocycles. The van der Waals surface area contributed by atoms with Gasteiger partial charge in [-0.2, -0.15) is 0 Å². The summed E-state index contributed by atoms with van der Waals surface area (Å²) in [6.07, 6.45) is 6.71. The molecule has 0 bridgehead atoms. The van der Waals surface area contributed by atoms with E-state index in [1.807, 2.05) is 26.0 Å². The topological polar surface area (TPSA) is 12.4 Å². The van der Waals surface area contributed by atoms with Gasteiger partial charge in [-0.25, -0.2) is 0 Å². The maximum atomic E-state index is 3.57. The predicted molar refractivity (Wildman–Crippen MR) is 54.1 cm³/mol. The van der Waals surface area contributed by atoms with Crippen LogP contribution in [0.5, 0.6) is 0 Å². The van der Waals surface area contributed by atoms with Crippen molar-refractivity contribution in [2.24, 2.45) is 4.99 Å². The van der Waals surface area contributed by atoms with Crippen LogP contribution < -0.4 is 0 Å². The molecule has 1 nitrogen and oxygen atoms in total. The van der Waals surface area contributed by atoms with Crippen molar-refractivity contribution >= 4 is 6.72 Å². The van der Waals surface area contributed by atoms with Crippen molar-refractivity contribution in [2.75, 3.05) is 0 Å². The Morgan fingerprint density at radius 3 is 2.36 bits per heavy atom. The third-order valence-corrected chi connectivity index (χ3v) is 1.13. The van der Waals surface area contributed by atoms with E-state index >= 15 is 0 Å². The van der Waals surface area contributed by atoms with E-state index in [1.165, 1.54) is 5.57 Å². The molecule has 0 aliphatic rings. The summed E-state index contributed by atoms with van der Waals surface area (Å²) in [6, 6.07) is 0. The fourth-order valence-corrected chi connectivity index (χ4v) is 0.386. The van der Waals surface area contributed by atoms with Crippen LogP contribution in [0.3, 0.4) is 0 Å². The maximum absolute atomic E-state index is 3.57. The molecule has 0 aromatic heterocycles. The first-order valence-corrected chi connectivity index (χ1v) is 4.09. The second-order valence-corrected chi connectivity index (χ2v) is 1.89. The second-order valence-electron chi connectivity index (χ2n) is 1.89. The molecule has 64 valence electrons. The number of nitrogens with zero attached hydrogens (tertiary/aromatic N) is 1. The summed E-state index contributed by atoms with van der Waals surface area (Å²) in [5, 5.41) is 0. The highest BCUT2D eigenvalue weighted by atomic mass is 14.6. The van der Waals surface area contributed by atoms with Crippen molar-refractivity contribution in [3.8, 4) is 0 Å². The molecule has 0 N–H and O–H groups in total. The molecule has 11 heavy (non-hydrogen) atoms. The Hall–Kier alpha value is -0.850. The molecule has 1 heteroatoms. The number of allylic oxidation sites excluding steroid dienone is 3. The smallest absolute Gasteiger partial charge is 0.0260 e. The lowest BCUT2D eigenvalue weighted by Gasteiger charge is -1.87. The Kier molecular flexibility index (Phi) is 13.8. The molecule has 0 aliphatic heterocycles. The van der Waals surface area contributed by atoms with Crippen LogP contribution in [0, 0.1) is 0 Å². The predicted octanol–water partition coefficient (Wildman–Crippen LogP) is 3.58.